The quantitative estimate of drug-likeness (QED) is 0.781. The van der Waals surface area contributed by atoms with Crippen molar-refractivity contribution in [2.24, 2.45) is 40.2 Å². The molecule has 0 bridgehead atoms. The van der Waals surface area contributed by atoms with E-state index in [0.717, 1.165) is 38.5 Å². The third-order valence-electron chi connectivity index (χ3n) is 7.95. The number of rotatable bonds is 1. The standard InChI is InChI=1S/C19H28N2O2/c1-18-9-7-13-11(12(18)4-5-14(18)17(20)23)3-6-15-19(13,2)10-8-16(22)21-15/h6,11-14H,3-5,7-10H2,1-2H3,(H2,20,23)(H,21,22)/t11-,12-,13-,14?,18-,19+/m0/s1. The summed E-state index contributed by atoms with van der Waals surface area (Å²) in [4.78, 5) is 23.7. The molecule has 0 spiro atoms. The van der Waals surface area contributed by atoms with Crippen LogP contribution in [0.25, 0.3) is 0 Å². The maximum Gasteiger partial charge on any atom is 0.224 e. The molecule has 23 heavy (non-hydrogen) atoms. The number of carbonyl (C=O) groups excluding carboxylic acids is 2. The Morgan fingerprint density at radius 3 is 2.74 bits per heavy atom. The molecule has 3 aliphatic carbocycles. The average molecular weight is 316 g/mol. The molecule has 0 aromatic carbocycles. The zero-order valence-corrected chi connectivity index (χ0v) is 14.2. The van der Waals surface area contributed by atoms with Crippen LogP contribution >= 0.6 is 0 Å². The van der Waals surface area contributed by atoms with Gasteiger partial charge in [-0.2, -0.15) is 0 Å². The fraction of sp³-hybridized carbons (Fsp3) is 0.789. The molecule has 3 N–H and O–H groups in total. The van der Waals surface area contributed by atoms with Gasteiger partial charge in [0.15, 0.2) is 0 Å². The van der Waals surface area contributed by atoms with Crippen molar-refractivity contribution >= 4 is 11.8 Å². The van der Waals surface area contributed by atoms with Gasteiger partial charge in [-0.3, -0.25) is 9.59 Å². The lowest BCUT2D eigenvalue weighted by Gasteiger charge is -2.57. The van der Waals surface area contributed by atoms with Crippen molar-refractivity contribution < 1.29 is 9.59 Å². The molecule has 4 nitrogen and oxygen atoms in total. The molecule has 3 fully saturated rings. The van der Waals surface area contributed by atoms with E-state index in [9.17, 15) is 9.59 Å². The van der Waals surface area contributed by atoms with Gasteiger partial charge in [0.1, 0.15) is 0 Å². The molecule has 6 atom stereocenters. The van der Waals surface area contributed by atoms with E-state index in [-0.39, 0.29) is 28.6 Å². The number of fused-ring (bicyclic) bond motifs is 5. The minimum Gasteiger partial charge on any atom is -0.369 e. The topological polar surface area (TPSA) is 72.2 Å². The number of carbonyl (C=O) groups is 2. The van der Waals surface area contributed by atoms with E-state index in [1.165, 1.54) is 5.70 Å². The van der Waals surface area contributed by atoms with E-state index >= 15 is 0 Å². The highest BCUT2D eigenvalue weighted by molar-refractivity contribution is 5.79. The molecule has 1 aliphatic heterocycles. The smallest absolute Gasteiger partial charge is 0.224 e. The third-order valence-corrected chi connectivity index (χ3v) is 7.95. The minimum atomic E-state index is -0.100. The van der Waals surface area contributed by atoms with Gasteiger partial charge in [-0.05, 0) is 61.7 Å². The first-order chi connectivity index (χ1) is 10.9. The Labute approximate surface area is 138 Å². The number of nitrogens with two attached hydrogens (primary N) is 1. The first kappa shape index (κ1) is 15.2. The lowest BCUT2D eigenvalue weighted by Crippen LogP contribution is -2.53. The fourth-order valence-electron chi connectivity index (χ4n) is 6.66. The number of piperidine rings is 1. The van der Waals surface area contributed by atoms with E-state index in [0.29, 0.717) is 24.2 Å². The molecule has 1 unspecified atom stereocenters. The summed E-state index contributed by atoms with van der Waals surface area (Å²) in [6, 6.07) is 0. The molecule has 4 rings (SSSR count). The van der Waals surface area contributed by atoms with Crippen molar-refractivity contribution in [1.82, 2.24) is 5.32 Å². The monoisotopic (exact) mass is 316 g/mol. The summed E-state index contributed by atoms with van der Waals surface area (Å²) in [6.07, 6.45) is 9.29. The molecule has 126 valence electrons. The van der Waals surface area contributed by atoms with Crippen molar-refractivity contribution in [1.29, 1.82) is 0 Å². The van der Waals surface area contributed by atoms with Crippen molar-refractivity contribution in [3.63, 3.8) is 0 Å². The van der Waals surface area contributed by atoms with Crippen LogP contribution in [0, 0.1) is 34.5 Å². The molecular formula is C19H28N2O2. The van der Waals surface area contributed by atoms with E-state index in [1.54, 1.807) is 0 Å². The van der Waals surface area contributed by atoms with E-state index in [2.05, 4.69) is 25.2 Å². The summed E-state index contributed by atoms with van der Waals surface area (Å²) >= 11 is 0. The molecule has 1 heterocycles. The summed E-state index contributed by atoms with van der Waals surface area (Å²) in [5.41, 5.74) is 7.08. The van der Waals surface area contributed by atoms with E-state index in [4.69, 9.17) is 5.73 Å². The van der Waals surface area contributed by atoms with E-state index < -0.39 is 0 Å². The summed E-state index contributed by atoms with van der Waals surface area (Å²) in [6.45, 7) is 4.65. The summed E-state index contributed by atoms with van der Waals surface area (Å²) in [7, 11) is 0. The average Bonchev–Trinajstić information content (AvgIpc) is 2.85. The number of amides is 2. The van der Waals surface area contributed by atoms with Crippen LogP contribution in [0.2, 0.25) is 0 Å². The van der Waals surface area contributed by atoms with Gasteiger partial charge in [0.2, 0.25) is 11.8 Å². The first-order valence-corrected chi connectivity index (χ1v) is 9.16. The number of allylic oxidation sites excluding steroid dienone is 2. The zero-order valence-electron chi connectivity index (χ0n) is 14.2. The maximum atomic E-state index is 11.9. The van der Waals surface area contributed by atoms with Crippen LogP contribution in [0.5, 0.6) is 0 Å². The maximum absolute atomic E-state index is 11.9. The van der Waals surface area contributed by atoms with Gasteiger partial charge in [0, 0.05) is 23.5 Å². The highest BCUT2D eigenvalue weighted by Gasteiger charge is 2.59. The minimum absolute atomic E-state index is 0.0534. The van der Waals surface area contributed by atoms with Gasteiger partial charge in [-0.1, -0.05) is 19.9 Å². The third kappa shape index (κ3) is 1.96. The van der Waals surface area contributed by atoms with Crippen LogP contribution in [0.3, 0.4) is 0 Å². The second-order valence-electron chi connectivity index (χ2n) is 8.77. The van der Waals surface area contributed by atoms with Gasteiger partial charge in [-0.25, -0.2) is 0 Å². The fourth-order valence-corrected chi connectivity index (χ4v) is 6.66. The lowest BCUT2D eigenvalue weighted by atomic mass is 9.49. The number of hydrogen-bond acceptors (Lipinski definition) is 2. The van der Waals surface area contributed by atoms with Gasteiger partial charge in [0.05, 0.1) is 0 Å². The zero-order chi connectivity index (χ0) is 16.4. The highest BCUT2D eigenvalue weighted by atomic mass is 16.2. The highest BCUT2D eigenvalue weighted by Crippen LogP contribution is 2.65. The van der Waals surface area contributed by atoms with Crippen molar-refractivity contribution in [3.05, 3.63) is 11.8 Å². The van der Waals surface area contributed by atoms with Gasteiger partial charge in [-0.15, -0.1) is 0 Å². The van der Waals surface area contributed by atoms with Crippen LogP contribution in [0.15, 0.2) is 11.8 Å². The Kier molecular flexibility index (Phi) is 3.20. The Balaban J connectivity index is 1.67. The van der Waals surface area contributed by atoms with Gasteiger partial charge >= 0.3 is 0 Å². The largest absolute Gasteiger partial charge is 0.369 e. The van der Waals surface area contributed by atoms with Crippen molar-refractivity contribution in [2.75, 3.05) is 0 Å². The summed E-state index contributed by atoms with van der Waals surface area (Å²) in [5.74, 6) is 2.00. The Bertz CT molecular complexity index is 598. The predicted octanol–water partition coefficient (Wildman–Crippen LogP) is 2.73. The molecule has 4 aliphatic rings. The molecule has 0 aromatic rings. The number of nitrogens with one attached hydrogen (secondary N) is 1. The second kappa shape index (κ2) is 4.84. The number of hydrogen-bond donors (Lipinski definition) is 2. The van der Waals surface area contributed by atoms with E-state index in [1.807, 2.05) is 0 Å². The summed E-state index contributed by atoms with van der Waals surface area (Å²) in [5, 5.41) is 3.14. The molecular weight excluding hydrogens is 288 g/mol. The summed E-state index contributed by atoms with van der Waals surface area (Å²) < 4.78 is 0. The lowest BCUT2D eigenvalue weighted by molar-refractivity contribution is -0.130. The van der Waals surface area contributed by atoms with Crippen LogP contribution in [-0.2, 0) is 9.59 Å². The molecule has 0 radical (unpaired) electrons. The number of primary amides is 1. The molecule has 2 amide bonds. The van der Waals surface area contributed by atoms with Crippen molar-refractivity contribution in [2.45, 2.75) is 58.8 Å². The molecule has 1 saturated heterocycles. The van der Waals surface area contributed by atoms with Crippen LogP contribution in [-0.4, -0.2) is 11.8 Å². The normalized spacial score (nSPS) is 48.6. The molecule has 0 aromatic heterocycles. The Morgan fingerprint density at radius 1 is 1.22 bits per heavy atom. The molecule has 2 saturated carbocycles. The van der Waals surface area contributed by atoms with Crippen molar-refractivity contribution in [3.8, 4) is 0 Å². The first-order valence-electron chi connectivity index (χ1n) is 9.16. The van der Waals surface area contributed by atoms with Crippen LogP contribution in [0.4, 0.5) is 0 Å². The Hall–Kier alpha value is -1.32. The Morgan fingerprint density at radius 2 is 2.00 bits per heavy atom. The SMILES string of the molecule is C[C@]12CCC(=O)NC1=CC[C@@H]1[C@@H]2CC[C@]2(C)C(C(N)=O)CC[C@@H]12. The van der Waals surface area contributed by atoms with Crippen LogP contribution < -0.4 is 11.1 Å². The van der Waals surface area contributed by atoms with Gasteiger partial charge in [0.25, 0.3) is 0 Å². The second-order valence-corrected chi connectivity index (χ2v) is 8.77. The van der Waals surface area contributed by atoms with Gasteiger partial charge < -0.3 is 11.1 Å². The predicted molar refractivity (Wildman–Crippen MR) is 87.9 cm³/mol. The molecule has 4 heteroatoms. The van der Waals surface area contributed by atoms with Crippen LogP contribution in [0.1, 0.15) is 58.8 Å².